The summed E-state index contributed by atoms with van der Waals surface area (Å²) >= 11 is 0. The van der Waals surface area contributed by atoms with Gasteiger partial charge in [0.1, 0.15) is 23.0 Å². The van der Waals surface area contributed by atoms with Gasteiger partial charge in [0.15, 0.2) is 5.78 Å². The van der Waals surface area contributed by atoms with Crippen LogP contribution in [0.15, 0.2) is 53.6 Å². The molecule has 0 saturated carbocycles. The molecule has 2 aromatic carbocycles. The summed E-state index contributed by atoms with van der Waals surface area (Å²) in [6.07, 6.45) is 4.44. The number of allylic oxidation sites excluding steroid dienone is 3. The molecule has 164 valence electrons. The molecular formula is C26H30O5. The summed E-state index contributed by atoms with van der Waals surface area (Å²) in [6, 6.07) is 11.4. The smallest absolute Gasteiger partial charge is 0.159 e. The molecule has 0 aromatic heterocycles. The Bertz CT molecular complexity index is 1020. The lowest BCUT2D eigenvalue weighted by Crippen LogP contribution is -2.24. The van der Waals surface area contributed by atoms with Crippen molar-refractivity contribution in [1.82, 2.24) is 0 Å². The Hall–Kier alpha value is -3.21. The second-order valence-corrected chi connectivity index (χ2v) is 7.65. The van der Waals surface area contributed by atoms with Crippen LogP contribution in [0.3, 0.4) is 0 Å². The van der Waals surface area contributed by atoms with Crippen molar-refractivity contribution < 1.29 is 23.7 Å². The van der Waals surface area contributed by atoms with Crippen molar-refractivity contribution in [3.63, 3.8) is 0 Å². The fraction of sp³-hybridized carbons (Fsp3) is 0.346. The molecule has 0 heterocycles. The van der Waals surface area contributed by atoms with Crippen LogP contribution in [0.2, 0.25) is 0 Å². The maximum absolute atomic E-state index is 12.9. The van der Waals surface area contributed by atoms with Gasteiger partial charge >= 0.3 is 0 Å². The average molecular weight is 423 g/mol. The Kier molecular flexibility index (Phi) is 7.06. The van der Waals surface area contributed by atoms with Crippen LogP contribution in [0.5, 0.6) is 23.0 Å². The molecule has 5 nitrogen and oxygen atoms in total. The van der Waals surface area contributed by atoms with Crippen LogP contribution in [-0.2, 0) is 4.79 Å². The maximum atomic E-state index is 12.9. The molecule has 0 spiro atoms. The number of methoxy groups -OCH3 is 4. The van der Waals surface area contributed by atoms with E-state index in [1.165, 1.54) is 0 Å². The van der Waals surface area contributed by atoms with Gasteiger partial charge in [-0.05, 0) is 60.4 Å². The van der Waals surface area contributed by atoms with Crippen LogP contribution in [0.4, 0.5) is 0 Å². The molecule has 31 heavy (non-hydrogen) atoms. The zero-order chi connectivity index (χ0) is 22.5. The third kappa shape index (κ3) is 4.61. The first-order valence-corrected chi connectivity index (χ1v) is 10.3. The zero-order valence-electron chi connectivity index (χ0n) is 19.0. The third-order valence-electron chi connectivity index (χ3n) is 6.07. The van der Waals surface area contributed by atoms with E-state index in [1.807, 2.05) is 55.5 Å². The predicted molar refractivity (Wildman–Crippen MR) is 122 cm³/mol. The van der Waals surface area contributed by atoms with Gasteiger partial charge in [-0.2, -0.15) is 0 Å². The van der Waals surface area contributed by atoms with E-state index in [0.717, 1.165) is 45.3 Å². The van der Waals surface area contributed by atoms with Crippen LogP contribution in [-0.4, -0.2) is 34.2 Å². The lowest BCUT2D eigenvalue weighted by molar-refractivity contribution is -0.116. The predicted octanol–water partition coefficient (Wildman–Crippen LogP) is 5.44. The summed E-state index contributed by atoms with van der Waals surface area (Å²) in [4.78, 5) is 12.9. The van der Waals surface area contributed by atoms with Crippen LogP contribution in [0.25, 0.3) is 6.08 Å². The van der Waals surface area contributed by atoms with Crippen molar-refractivity contribution in [2.75, 3.05) is 28.4 Å². The molecule has 0 bridgehead atoms. The highest BCUT2D eigenvalue weighted by atomic mass is 16.5. The topological polar surface area (TPSA) is 54.0 Å². The lowest BCUT2D eigenvalue weighted by Gasteiger charge is -2.32. The molecule has 5 heteroatoms. The summed E-state index contributed by atoms with van der Waals surface area (Å²) in [5.41, 5.74) is 3.68. The van der Waals surface area contributed by atoms with Gasteiger partial charge in [0, 0.05) is 23.5 Å². The van der Waals surface area contributed by atoms with E-state index >= 15 is 0 Å². The van der Waals surface area contributed by atoms with Gasteiger partial charge in [0.25, 0.3) is 0 Å². The average Bonchev–Trinajstić information content (AvgIpc) is 2.80. The van der Waals surface area contributed by atoms with Crippen molar-refractivity contribution >= 4 is 11.9 Å². The Morgan fingerprint density at radius 1 is 0.839 bits per heavy atom. The Morgan fingerprint density at radius 2 is 1.45 bits per heavy atom. The molecule has 0 radical (unpaired) electrons. The molecule has 2 atom stereocenters. The largest absolute Gasteiger partial charge is 0.497 e. The lowest BCUT2D eigenvalue weighted by atomic mass is 9.72. The molecule has 0 amide bonds. The number of hydrogen-bond donors (Lipinski definition) is 0. The monoisotopic (exact) mass is 422 g/mol. The first-order chi connectivity index (χ1) is 14.9. The van der Waals surface area contributed by atoms with Crippen molar-refractivity contribution in [1.29, 1.82) is 0 Å². The van der Waals surface area contributed by atoms with E-state index in [1.54, 1.807) is 28.4 Å². The van der Waals surface area contributed by atoms with E-state index in [-0.39, 0.29) is 17.6 Å². The van der Waals surface area contributed by atoms with Gasteiger partial charge < -0.3 is 18.9 Å². The van der Waals surface area contributed by atoms with Gasteiger partial charge in [-0.1, -0.05) is 19.1 Å². The van der Waals surface area contributed by atoms with Crippen LogP contribution >= 0.6 is 0 Å². The number of carbonyl (C=O) groups is 1. The van der Waals surface area contributed by atoms with Gasteiger partial charge in [-0.25, -0.2) is 0 Å². The van der Waals surface area contributed by atoms with Crippen LogP contribution < -0.4 is 18.9 Å². The third-order valence-corrected chi connectivity index (χ3v) is 6.07. The van der Waals surface area contributed by atoms with E-state index in [9.17, 15) is 4.79 Å². The standard InChI is InChI=1S/C26H30O5/c1-16-21(10-7-18-13-19(28-3)8-11-25(18)30-5)17(2)24(27)15-22(16)23-14-20(29-4)9-12-26(23)31-6/h7-14,16,22H,15H2,1-6H3/b10-7+/t16-,22+/m0/s1. The first-order valence-electron chi connectivity index (χ1n) is 10.3. The van der Waals surface area contributed by atoms with Crippen LogP contribution in [0, 0.1) is 5.92 Å². The summed E-state index contributed by atoms with van der Waals surface area (Å²) in [5, 5.41) is 0. The summed E-state index contributed by atoms with van der Waals surface area (Å²) < 4.78 is 21.8. The minimum Gasteiger partial charge on any atom is -0.497 e. The maximum Gasteiger partial charge on any atom is 0.159 e. The summed E-state index contributed by atoms with van der Waals surface area (Å²) in [5.74, 6) is 3.27. The molecule has 3 rings (SSSR count). The van der Waals surface area contributed by atoms with Gasteiger partial charge in [-0.15, -0.1) is 0 Å². The number of hydrogen-bond acceptors (Lipinski definition) is 5. The number of carbonyl (C=O) groups excluding carboxylic acids is 1. The highest BCUT2D eigenvalue weighted by Crippen LogP contribution is 2.44. The quantitative estimate of drug-likeness (QED) is 0.594. The Morgan fingerprint density at radius 3 is 2.06 bits per heavy atom. The van der Waals surface area contributed by atoms with Crippen molar-refractivity contribution in [3.8, 4) is 23.0 Å². The number of ether oxygens (including phenoxy) is 4. The zero-order valence-corrected chi connectivity index (χ0v) is 19.0. The summed E-state index contributed by atoms with van der Waals surface area (Å²) in [7, 11) is 6.57. The fourth-order valence-corrected chi connectivity index (χ4v) is 4.18. The number of rotatable bonds is 7. The molecule has 1 aliphatic carbocycles. The molecule has 0 N–H and O–H groups in total. The van der Waals surface area contributed by atoms with Gasteiger partial charge in [0.2, 0.25) is 0 Å². The van der Waals surface area contributed by atoms with Crippen molar-refractivity contribution in [3.05, 3.63) is 64.7 Å². The van der Waals surface area contributed by atoms with Gasteiger partial charge in [-0.3, -0.25) is 4.79 Å². The van der Waals surface area contributed by atoms with Crippen molar-refractivity contribution in [2.45, 2.75) is 26.2 Å². The second kappa shape index (κ2) is 9.73. The van der Waals surface area contributed by atoms with E-state index in [4.69, 9.17) is 18.9 Å². The minimum absolute atomic E-state index is 0.00638. The molecule has 0 fully saturated rings. The normalized spacial score (nSPS) is 19.0. The fourth-order valence-electron chi connectivity index (χ4n) is 4.18. The number of ketones is 1. The molecule has 2 aromatic rings. The number of benzene rings is 2. The summed E-state index contributed by atoms with van der Waals surface area (Å²) in [6.45, 7) is 4.06. The molecule has 1 aliphatic rings. The highest BCUT2D eigenvalue weighted by Gasteiger charge is 2.33. The number of Topliss-reactive ketones (excluding diaryl/α,β-unsaturated/α-hetero) is 1. The van der Waals surface area contributed by atoms with Gasteiger partial charge in [0.05, 0.1) is 28.4 Å². The minimum atomic E-state index is -0.00638. The Labute approximate surface area is 184 Å². The SMILES string of the molecule is COc1ccc(OC)c(/C=C/C2=C(C)C(=O)C[C@@H](c3cc(OC)ccc3OC)[C@H]2C)c1. The molecule has 0 saturated heterocycles. The molecular weight excluding hydrogens is 392 g/mol. The Balaban J connectivity index is 2.01. The first kappa shape index (κ1) is 22.5. The highest BCUT2D eigenvalue weighted by molar-refractivity contribution is 5.98. The van der Waals surface area contributed by atoms with Crippen molar-refractivity contribution in [2.24, 2.45) is 5.92 Å². The van der Waals surface area contributed by atoms with E-state index in [2.05, 4.69) is 6.92 Å². The second-order valence-electron chi connectivity index (χ2n) is 7.65. The van der Waals surface area contributed by atoms with Crippen LogP contribution in [0.1, 0.15) is 37.3 Å². The molecule has 0 unspecified atom stereocenters. The molecule has 0 aliphatic heterocycles. The van der Waals surface area contributed by atoms with E-state index in [0.29, 0.717) is 6.42 Å². The van der Waals surface area contributed by atoms with E-state index < -0.39 is 0 Å².